The monoisotopic (exact) mass is 450 g/mol. The molecule has 1 aliphatic rings. The molecule has 7 nitrogen and oxygen atoms in total. The minimum Gasteiger partial charge on any atom is -0.485 e. The van der Waals surface area contributed by atoms with Crippen molar-refractivity contribution in [3.8, 4) is 11.5 Å². The van der Waals surface area contributed by atoms with E-state index in [1.807, 2.05) is 73.0 Å². The van der Waals surface area contributed by atoms with Crippen molar-refractivity contribution in [3.05, 3.63) is 73.1 Å². The number of thioether (sulfide) groups is 1. The van der Waals surface area contributed by atoms with Gasteiger partial charge < -0.3 is 14.4 Å². The van der Waals surface area contributed by atoms with Gasteiger partial charge in [0.2, 0.25) is 5.91 Å². The number of hydrogen-bond donors (Lipinski definition) is 0. The second-order valence-corrected chi connectivity index (χ2v) is 8.59. The molecule has 0 bridgehead atoms. The van der Waals surface area contributed by atoms with Crippen LogP contribution in [0.1, 0.15) is 25.8 Å². The highest BCUT2D eigenvalue weighted by atomic mass is 32.2. The average molecular weight is 451 g/mol. The average Bonchev–Trinajstić information content (AvgIpc) is 3.22. The first-order valence-corrected chi connectivity index (χ1v) is 11.5. The van der Waals surface area contributed by atoms with Gasteiger partial charge in [-0.05, 0) is 38.1 Å². The number of anilines is 1. The standard InChI is InChI=1S/C24H26N4O3S/c1-4-15-28-22(21-16-30-19-13-9-10-14-20(19)31-21)25-26-24(28)32-17(3)23(29)27(5-2)18-11-7-6-8-12-18/h4,6-14,17,21H,1,5,15-16H2,2-3H3. The maximum absolute atomic E-state index is 13.2. The quantitative estimate of drug-likeness (QED) is 0.372. The first-order valence-electron chi connectivity index (χ1n) is 10.6. The zero-order valence-corrected chi connectivity index (χ0v) is 19.0. The number of ether oxygens (including phenoxy) is 2. The molecular weight excluding hydrogens is 424 g/mol. The number of carbonyl (C=O) groups excluding carboxylic acids is 1. The van der Waals surface area contributed by atoms with E-state index in [0.717, 1.165) is 5.69 Å². The van der Waals surface area contributed by atoms with Gasteiger partial charge in [-0.2, -0.15) is 0 Å². The van der Waals surface area contributed by atoms with Gasteiger partial charge >= 0.3 is 0 Å². The minimum absolute atomic E-state index is 0.0181. The molecule has 4 rings (SSSR count). The van der Waals surface area contributed by atoms with E-state index in [0.29, 0.717) is 42.2 Å². The fraction of sp³-hybridized carbons (Fsp3) is 0.292. The van der Waals surface area contributed by atoms with Gasteiger partial charge in [-0.15, -0.1) is 16.8 Å². The molecule has 1 aliphatic heterocycles. The Morgan fingerprint density at radius 1 is 1.22 bits per heavy atom. The lowest BCUT2D eigenvalue weighted by Gasteiger charge is -2.26. The van der Waals surface area contributed by atoms with E-state index >= 15 is 0 Å². The van der Waals surface area contributed by atoms with E-state index in [2.05, 4.69) is 16.8 Å². The molecular formula is C24H26N4O3S. The van der Waals surface area contributed by atoms with Crippen molar-refractivity contribution in [1.29, 1.82) is 0 Å². The predicted molar refractivity (Wildman–Crippen MR) is 125 cm³/mol. The van der Waals surface area contributed by atoms with Gasteiger partial charge in [0.1, 0.15) is 6.61 Å². The molecule has 0 fully saturated rings. The third kappa shape index (κ3) is 4.50. The SMILES string of the molecule is C=CCn1c(SC(C)C(=O)N(CC)c2ccccc2)nnc1C1COc2ccccc2O1. The van der Waals surface area contributed by atoms with Crippen LogP contribution in [0.3, 0.4) is 0 Å². The van der Waals surface area contributed by atoms with Crippen LogP contribution in [0.5, 0.6) is 11.5 Å². The fourth-order valence-electron chi connectivity index (χ4n) is 3.57. The molecule has 0 saturated heterocycles. The zero-order chi connectivity index (χ0) is 22.5. The van der Waals surface area contributed by atoms with Crippen LogP contribution in [0, 0.1) is 0 Å². The molecule has 2 unspecified atom stereocenters. The van der Waals surface area contributed by atoms with Gasteiger partial charge in [0.25, 0.3) is 0 Å². The van der Waals surface area contributed by atoms with Crippen molar-refractivity contribution < 1.29 is 14.3 Å². The summed E-state index contributed by atoms with van der Waals surface area (Å²) in [7, 11) is 0. The lowest BCUT2D eigenvalue weighted by molar-refractivity contribution is -0.117. The summed E-state index contributed by atoms with van der Waals surface area (Å²) in [5.74, 6) is 2.06. The zero-order valence-electron chi connectivity index (χ0n) is 18.2. The summed E-state index contributed by atoms with van der Waals surface area (Å²) in [4.78, 5) is 15.0. The summed E-state index contributed by atoms with van der Waals surface area (Å²) in [6.45, 7) is 9.15. The van der Waals surface area contributed by atoms with Crippen LogP contribution < -0.4 is 14.4 Å². The van der Waals surface area contributed by atoms with Gasteiger partial charge in [0, 0.05) is 18.8 Å². The summed E-state index contributed by atoms with van der Waals surface area (Å²) in [6.07, 6.45) is 1.39. The number of benzene rings is 2. The van der Waals surface area contributed by atoms with E-state index in [1.165, 1.54) is 11.8 Å². The number of amides is 1. The Labute approximate surface area is 192 Å². The molecule has 0 N–H and O–H groups in total. The minimum atomic E-state index is -0.394. The number of fused-ring (bicyclic) bond motifs is 1. The smallest absolute Gasteiger partial charge is 0.240 e. The summed E-state index contributed by atoms with van der Waals surface area (Å²) in [5, 5.41) is 9.05. The number of para-hydroxylation sites is 3. The molecule has 2 aromatic carbocycles. The van der Waals surface area contributed by atoms with Crippen LogP contribution in [0.25, 0.3) is 0 Å². The van der Waals surface area contributed by atoms with E-state index in [9.17, 15) is 4.79 Å². The molecule has 8 heteroatoms. The maximum Gasteiger partial charge on any atom is 0.240 e. The highest BCUT2D eigenvalue weighted by Gasteiger charge is 2.30. The van der Waals surface area contributed by atoms with Crippen molar-refractivity contribution in [3.63, 3.8) is 0 Å². The molecule has 0 aliphatic carbocycles. The maximum atomic E-state index is 13.2. The number of nitrogens with zero attached hydrogens (tertiary/aromatic N) is 4. The summed E-state index contributed by atoms with van der Waals surface area (Å²) in [5.41, 5.74) is 0.882. The second-order valence-electron chi connectivity index (χ2n) is 7.28. The molecule has 2 heterocycles. The second kappa shape index (κ2) is 9.91. The number of aromatic nitrogens is 3. The third-order valence-corrected chi connectivity index (χ3v) is 6.20. The van der Waals surface area contributed by atoms with Crippen molar-refractivity contribution in [2.45, 2.75) is 36.9 Å². The third-order valence-electron chi connectivity index (χ3n) is 5.13. The highest BCUT2D eigenvalue weighted by Crippen LogP contribution is 2.36. The number of rotatable bonds is 8. The molecule has 32 heavy (non-hydrogen) atoms. The Bertz CT molecular complexity index is 1090. The van der Waals surface area contributed by atoms with E-state index in [-0.39, 0.29) is 11.2 Å². The van der Waals surface area contributed by atoms with Crippen molar-refractivity contribution in [2.75, 3.05) is 18.1 Å². The Kier molecular flexibility index (Phi) is 6.80. The number of allylic oxidation sites excluding steroid dienone is 1. The van der Waals surface area contributed by atoms with Crippen molar-refractivity contribution in [1.82, 2.24) is 14.8 Å². The van der Waals surface area contributed by atoms with Crippen molar-refractivity contribution >= 4 is 23.4 Å². The van der Waals surface area contributed by atoms with Crippen LogP contribution in [-0.4, -0.2) is 39.1 Å². The molecule has 1 amide bonds. The Balaban J connectivity index is 1.53. The molecule has 0 radical (unpaired) electrons. The van der Waals surface area contributed by atoms with E-state index in [4.69, 9.17) is 9.47 Å². The first kappa shape index (κ1) is 22.0. The van der Waals surface area contributed by atoms with Crippen LogP contribution in [0.4, 0.5) is 5.69 Å². The summed E-state index contributed by atoms with van der Waals surface area (Å²) in [6, 6.07) is 17.2. The van der Waals surface area contributed by atoms with Crippen molar-refractivity contribution in [2.24, 2.45) is 0 Å². The topological polar surface area (TPSA) is 69.5 Å². The lowest BCUT2D eigenvalue weighted by atomic mass is 10.2. The number of carbonyl (C=O) groups is 1. The molecule has 3 aromatic rings. The van der Waals surface area contributed by atoms with Crippen LogP contribution in [0.15, 0.2) is 72.4 Å². The highest BCUT2D eigenvalue weighted by molar-refractivity contribution is 8.00. The summed E-state index contributed by atoms with van der Waals surface area (Å²) >= 11 is 1.38. The predicted octanol–water partition coefficient (Wildman–Crippen LogP) is 4.51. The van der Waals surface area contributed by atoms with Gasteiger partial charge in [-0.1, -0.05) is 48.2 Å². The van der Waals surface area contributed by atoms with Crippen LogP contribution in [-0.2, 0) is 11.3 Å². The molecule has 0 saturated carbocycles. The Morgan fingerprint density at radius 3 is 2.66 bits per heavy atom. The Morgan fingerprint density at radius 2 is 1.94 bits per heavy atom. The van der Waals surface area contributed by atoms with Crippen LogP contribution in [0.2, 0.25) is 0 Å². The van der Waals surface area contributed by atoms with Gasteiger partial charge in [-0.3, -0.25) is 9.36 Å². The Hall–Kier alpha value is -3.26. The van der Waals surface area contributed by atoms with Crippen LogP contribution >= 0.6 is 11.8 Å². The van der Waals surface area contributed by atoms with Gasteiger partial charge in [-0.25, -0.2) is 0 Å². The molecule has 0 spiro atoms. The number of hydrogen-bond acceptors (Lipinski definition) is 6. The fourth-order valence-corrected chi connectivity index (χ4v) is 4.50. The molecule has 1 aromatic heterocycles. The molecule has 2 atom stereocenters. The van der Waals surface area contributed by atoms with E-state index in [1.54, 1.807) is 11.0 Å². The molecule has 166 valence electrons. The first-order chi connectivity index (χ1) is 15.6. The lowest BCUT2D eigenvalue weighted by Crippen LogP contribution is -2.36. The normalized spacial score (nSPS) is 15.8. The summed E-state index contributed by atoms with van der Waals surface area (Å²) < 4.78 is 13.9. The van der Waals surface area contributed by atoms with Gasteiger partial charge in [0.15, 0.2) is 28.6 Å². The van der Waals surface area contributed by atoms with Gasteiger partial charge in [0.05, 0.1) is 5.25 Å². The van der Waals surface area contributed by atoms with E-state index < -0.39 is 6.10 Å². The largest absolute Gasteiger partial charge is 0.485 e.